The van der Waals surface area contributed by atoms with E-state index >= 15 is 0 Å². The Balaban J connectivity index is 1.93. The highest BCUT2D eigenvalue weighted by Gasteiger charge is 2.27. The average molecular weight is 445 g/mol. The number of hydrogen-bond acceptors (Lipinski definition) is 6. The molecule has 3 heterocycles. The SMILES string of the molecule is COc1ccc(-n2c(=O)c(-c3ccc(F)nc3)cc3cnc(NCC(F)(F)F)nc32)cc1. The van der Waals surface area contributed by atoms with Gasteiger partial charge in [-0.3, -0.25) is 9.36 Å². The number of halogens is 4. The van der Waals surface area contributed by atoms with Gasteiger partial charge in [-0.05, 0) is 42.5 Å². The number of hydrogen-bond donors (Lipinski definition) is 1. The van der Waals surface area contributed by atoms with Gasteiger partial charge in [0.25, 0.3) is 5.56 Å². The maximum atomic E-state index is 13.4. The van der Waals surface area contributed by atoms with Crippen LogP contribution in [0, 0.1) is 5.95 Å². The molecule has 4 rings (SSSR count). The predicted octanol–water partition coefficient (Wildman–Crippen LogP) is 3.96. The topological polar surface area (TPSA) is 81.9 Å². The molecule has 0 fully saturated rings. The van der Waals surface area contributed by atoms with Gasteiger partial charge in [0, 0.05) is 28.9 Å². The van der Waals surface area contributed by atoms with Crippen molar-refractivity contribution < 1.29 is 22.3 Å². The monoisotopic (exact) mass is 445 g/mol. The van der Waals surface area contributed by atoms with Crippen molar-refractivity contribution in [1.82, 2.24) is 19.5 Å². The van der Waals surface area contributed by atoms with Crippen molar-refractivity contribution in [1.29, 1.82) is 0 Å². The molecule has 0 aliphatic carbocycles. The third-order valence-electron chi connectivity index (χ3n) is 4.56. The van der Waals surface area contributed by atoms with Gasteiger partial charge in [-0.2, -0.15) is 22.5 Å². The number of nitrogens with one attached hydrogen (secondary N) is 1. The minimum atomic E-state index is -4.46. The van der Waals surface area contributed by atoms with Gasteiger partial charge in [0.05, 0.1) is 12.8 Å². The number of methoxy groups -OCH3 is 1. The van der Waals surface area contributed by atoms with E-state index in [4.69, 9.17) is 4.74 Å². The molecule has 0 aliphatic heterocycles. The summed E-state index contributed by atoms with van der Waals surface area (Å²) in [6.45, 7) is -1.33. The van der Waals surface area contributed by atoms with Crippen molar-refractivity contribution in [3.8, 4) is 22.6 Å². The summed E-state index contributed by atoms with van der Waals surface area (Å²) >= 11 is 0. The van der Waals surface area contributed by atoms with E-state index < -0.39 is 24.2 Å². The predicted molar refractivity (Wildman–Crippen MR) is 109 cm³/mol. The molecule has 0 bridgehead atoms. The molecule has 0 amide bonds. The number of pyridine rings is 2. The van der Waals surface area contributed by atoms with Crippen molar-refractivity contribution in [2.75, 3.05) is 19.0 Å². The number of ether oxygens (including phenoxy) is 1. The summed E-state index contributed by atoms with van der Waals surface area (Å²) in [4.78, 5) is 25.0. The van der Waals surface area contributed by atoms with Crippen LogP contribution in [0.1, 0.15) is 0 Å². The van der Waals surface area contributed by atoms with Crippen LogP contribution in [0.3, 0.4) is 0 Å². The maximum absolute atomic E-state index is 13.4. The average Bonchev–Trinajstić information content (AvgIpc) is 2.77. The first-order chi connectivity index (χ1) is 15.2. The smallest absolute Gasteiger partial charge is 0.405 e. The van der Waals surface area contributed by atoms with Gasteiger partial charge >= 0.3 is 6.18 Å². The van der Waals surface area contributed by atoms with E-state index in [-0.39, 0.29) is 17.2 Å². The molecule has 1 aromatic carbocycles. The molecule has 0 atom stereocenters. The van der Waals surface area contributed by atoms with Crippen LogP contribution in [0.4, 0.5) is 23.5 Å². The second-order valence-corrected chi connectivity index (χ2v) is 6.71. The summed E-state index contributed by atoms with van der Waals surface area (Å²) in [5.74, 6) is -0.437. The van der Waals surface area contributed by atoms with E-state index in [2.05, 4.69) is 20.3 Å². The Labute approximate surface area is 178 Å². The van der Waals surface area contributed by atoms with Crippen LogP contribution in [-0.4, -0.2) is 39.3 Å². The van der Waals surface area contributed by atoms with E-state index in [1.807, 2.05) is 0 Å². The molecule has 11 heteroatoms. The molecule has 1 N–H and O–H groups in total. The van der Waals surface area contributed by atoms with Crippen LogP contribution in [0.15, 0.2) is 59.7 Å². The van der Waals surface area contributed by atoms with Crippen LogP contribution in [0.5, 0.6) is 5.75 Å². The fraction of sp³-hybridized carbons (Fsp3) is 0.143. The highest BCUT2D eigenvalue weighted by Crippen LogP contribution is 2.24. The summed E-state index contributed by atoms with van der Waals surface area (Å²) < 4.78 is 57.4. The maximum Gasteiger partial charge on any atom is 0.405 e. The highest BCUT2D eigenvalue weighted by atomic mass is 19.4. The van der Waals surface area contributed by atoms with Crippen molar-refractivity contribution in [2.24, 2.45) is 0 Å². The lowest BCUT2D eigenvalue weighted by Gasteiger charge is -2.14. The molecule has 7 nitrogen and oxygen atoms in total. The molecule has 32 heavy (non-hydrogen) atoms. The largest absolute Gasteiger partial charge is 0.497 e. The fourth-order valence-electron chi connectivity index (χ4n) is 3.07. The van der Waals surface area contributed by atoms with Crippen LogP contribution in [-0.2, 0) is 0 Å². The molecule has 164 valence electrons. The fourth-order valence-corrected chi connectivity index (χ4v) is 3.07. The molecule has 0 radical (unpaired) electrons. The summed E-state index contributed by atoms with van der Waals surface area (Å²) in [5, 5.41) is 2.50. The lowest BCUT2D eigenvalue weighted by molar-refractivity contribution is -0.115. The summed E-state index contributed by atoms with van der Waals surface area (Å²) in [5.41, 5.74) is 0.536. The Kier molecular flexibility index (Phi) is 5.47. The van der Waals surface area contributed by atoms with Crippen molar-refractivity contribution in [2.45, 2.75) is 6.18 Å². The second-order valence-electron chi connectivity index (χ2n) is 6.71. The molecule has 3 aromatic heterocycles. The Morgan fingerprint density at radius 3 is 2.44 bits per heavy atom. The number of alkyl halides is 3. The Morgan fingerprint density at radius 2 is 1.81 bits per heavy atom. The van der Waals surface area contributed by atoms with Crippen molar-refractivity contribution in [3.05, 3.63) is 71.2 Å². The van der Waals surface area contributed by atoms with Gasteiger partial charge in [0.1, 0.15) is 12.3 Å². The van der Waals surface area contributed by atoms with Crippen LogP contribution in [0.25, 0.3) is 27.8 Å². The standard InChI is InChI=1S/C21H15F4N5O2/c1-32-15-5-3-14(4-6-15)30-18-13(10-27-20(29-18)28-11-21(23,24)25)8-16(19(30)31)12-2-7-17(22)26-9-12/h2-10H,11H2,1H3,(H,27,28,29). The Morgan fingerprint density at radius 1 is 1.06 bits per heavy atom. The number of anilines is 1. The molecule has 4 aromatic rings. The number of aromatic nitrogens is 4. The number of benzene rings is 1. The van der Waals surface area contributed by atoms with E-state index in [1.165, 1.54) is 36.2 Å². The van der Waals surface area contributed by atoms with E-state index in [0.29, 0.717) is 22.4 Å². The number of rotatable bonds is 5. The van der Waals surface area contributed by atoms with E-state index in [9.17, 15) is 22.4 Å². The Hall–Kier alpha value is -4.02. The molecule has 0 spiro atoms. The minimum absolute atomic E-state index is 0.0960. The van der Waals surface area contributed by atoms with Crippen molar-refractivity contribution in [3.63, 3.8) is 0 Å². The molecule has 0 aliphatic rings. The Bertz CT molecular complexity index is 1320. The molecule has 0 saturated carbocycles. The third kappa shape index (κ3) is 4.36. The molecule has 0 saturated heterocycles. The zero-order valence-electron chi connectivity index (χ0n) is 16.5. The number of fused-ring (bicyclic) bond motifs is 1. The van der Waals surface area contributed by atoms with Gasteiger partial charge < -0.3 is 10.1 Å². The van der Waals surface area contributed by atoms with Crippen LogP contribution >= 0.6 is 0 Å². The van der Waals surface area contributed by atoms with Crippen LogP contribution < -0.4 is 15.6 Å². The molecule has 0 unspecified atom stereocenters. The highest BCUT2D eigenvalue weighted by molar-refractivity contribution is 5.83. The quantitative estimate of drug-likeness (QED) is 0.370. The lowest BCUT2D eigenvalue weighted by atomic mass is 10.1. The number of nitrogens with zero attached hydrogens (tertiary/aromatic N) is 4. The summed E-state index contributed by atoms with van der Waals surface area (Å²) in [6, 6.07) is 10.5. The first-order valence-corrected chi connectivity index (χ1v) is 9.25. The zero-order valence-corrected chi connectivity index (χ0v) is 16.5. The normalized spacial score (nSPS) is 11.5. The molecular formula is C21H15F4N5O2. The zero-order chi connectivity index (χ0) is 22.9. The summed E-state index contributed by atoms with van der Waals surface area (Å²) in [6.07, 6.45) is -1.94. The van der Waals surface area contributed by atoms with Gasteiger partial charge in [0.2, 0.25) is 11.9 Å². The first kappa shape index (κ1) is 21.2. The van der Waals surface area contributed by atoms with Gasteiger partial charge in [-0.15, -0.1) is 0 Å². The van der Waals surface area contributed by atoms with Crippen molar-refractivity contribution >= 4 is 17.0 Å². The lowest BCUT2D eigenvalue weighted by Crippen LogP contribution is -2.24. The molecular weight excluding hydrogens is 430 g/mol. The first-order valence-electron chi connectivity index (χ1n) is 9.25. The van der Waals surface area contributed by atoms with Gasteiger partial charge in [0.15, 0.2) is 5.65 Å². The van der Waals surface area contributed by atoms with Crippen LogP contribution in [0.2, 0.25) is 0 Å². The summed E-state index contributed by atoms with van der Waals surface area (Å²) in [7, 11) is 1.49. The second kappa shape index (κ2) is 8.25. The third-order valence-corrected chi connectivity index (χ3v) is 4.56. The minimum Gasteiger partial charge on any atom is -0.497 e. The van der Waals surface area contributed by atoms with E-state index in [0.717, 1.165) is 6.07 Å². The van der Waals surface area contributed by atoms with Gasteiger partial charge in [-0.25, -0.2) is 9.97 Å². The van der Waals surface area contributed by atoms with Gasteiger partial charge in [-0.1, -0.05) is 0 Å². The van der Waals surface area contributed by atoms with E-state index in [1.54, 1.807) is 24.3 Å².